The highest BCUT2D eigenvalue weighted by molar-refractivity contribution is 9.10. The molecular weight excluding hydrogens is 337 g/mol. The summed E-state index contributed by atoms with van der Waals surface area (Å²) in [5, 5.41) is 3.15. The molecule has 0 aliphatic carbocycles. The molecule has 3 nitrogen and oxygen atoms in total. The van der Waals surface area contributed by atoms with Crippen molar-refractivity contribution < 1.29 is 13.9 Å². The summed E-state index contributed by atoms with van der Waals surface area (Å²) in [6, 6.07) is 13.7. The molecule has 1 atom stereocenters. The van der Waals surface area contributed by atoms with Crippen molar-refractivity contribution in [1.82, 2.24) is 0 Å². The number of anilines is 1. The molecule has 0 spiro atoms. The van der Waals surface area contributed by atoms with Crippen LogP contribution in [0.1, 0.15) is 12.5 Å². The van der Waals surface area contributed by atoms with Gasteiger partial charge in [-0.05, 0) is 52.7 Å². The van der Waals surface area contributed by atoms with E-state index in [1.165, 1.54) is 13.2 Å². The lowest BCUT2D eigenvalue weighted by molar-refractivity contribution is -0.145. The molecule has 0 saturated carbocycles. The average Bonchev–Trinajstić information content (AvgIpc) is 2.50. The zero-order chi connectivity index (χ0) is 15.5. The molecule has 0 saturated heterocycles. The Morgan fingerprint density at radius 3 is 2.48 bits per heavy atom. The number of methoxy groups -OCH3 is 1. The molecule has 2 aromatic rings. The molecule has 0 aliphatic heterocycles. The standard InChI is InChI=1S/C16H15BrFNO2/c1-16(15(20)21-2,19-12-6-4-3-5-7-12)11-8-9-14(18)13(17)10-11/h3-10,19H,1-2H3. The SMILES string of the molecule is COC(=O)C(C)(Nc1ccccc1)c1ccc(F)c(Br)c1. The molecule has 0 amide bonds. The number of hydrogen-bond acceptors (Lipinski definition) is 3. The third-order valence-electron chi connectivity index (χ3n) is 3.26. The molecule has 5 heteroatoms. The van der Waals surface area contributed by atoms with Gasteiger partial charge in [0.25, 0.3) is 0 Å². The van der Waals surface area contributed by atoms with Gasteiger partial charge in [-0.15, -0.1) is 0 Å². The van der Waals surface area contributed by atoms with Crippen LogP contribution < -0.4 is 5.32 Å². The summed E-state index contributed by atoms with van der Waals surface area (Å²) < 4.78 is 18.6. The second-order valence-corrected chi connectivity index (χ2v) is 5.59. The second kappa shape index (κ2) is 6.26. The van der Waals surface area contributed by atoms with Crippen LogP contribution in [0.15, 0.2) is 53.0 Å². The first-order chi connectivity index (χ1) is 9.97. The van der Waals surface area contributed by atoms with E-state index < -0.39 is 11.5 Å². The number of benzene rings is 2. The first-order valence-electron chi connectivity index (χ1n) is 6.34. The number of halogens is 2. The van der Waals surface area contributed by atoms with Crippen molar-refractivity contribution >= 4 is 27.6 Å². The molecule has 1 N–H and O–H groups in total. The van der Waals surface area contributed by atoms with Crippen LogP contribution in [0.2, 0.25) is 0 Å². The highest BCUT2D eigenvalue weighted by Gasteiger charge is 2.36. The Morgan fingerprint density at radius 1 is 1.24 bits per heavy atom. The zero-order valence-electron chi connectivity index (χ0n) is 11.7. The van der Waals surface area contributed by atoms with Crippen LogP contribution in [-0.2, 0) is 15.1 Å². The Labute approximate surface area is 131 Å². The van der Waals surface area contributed by atoms with Crippen LogP contribution in [-0.4, -0.2) is 13.1 Å². The van der Waals surface area contributed by atoms with E-state index in [-0.39, 0.29) is 5.82 Å². The molecule has 110 valence electrons. The number of para-hydroxylation sites is 1. The maximum Gasteiger partial charge on any atom is 0.335 e. The molecule has 2 rings (SSSR count). The number of hydrogen-bond donors (Lipinski definition) is 1. The maximum atomic E-state index is 13.4. The second-order valence-electron chi connectivity index (χ2n) is 4.74. The van der Waals surface area contributed by atoms with Crippen LogP contribution >= 0.6 is 15.9 Å². The predicted octanol–water partition coefficient (Wildman–Crippen LogP) is 4.09. The summed E-state index contributed by atoms with van der Waals surface area (Å²) in [5.74, 6) is -0.837. The monoisotopic (exact) mass is 351 g/mol. The van der Waals surface area contributed by atoms with Crippen molar-refractivity contribution in [2.75, 3.05) is 12.4 Å². The van der Waals surface area contributed by atoms with Crippen molar-refractivity contribution in [3.63, 3.8) is 0 Å². The van der Waals surface area contributed by atoms with Gasteiger partial charge >= 0.3 is 5.97 Å². The summed E-state index contributed by atoms with van der Waals surface area (Å²) in [6.07, 6.45) is 0. The van der Waals surface area contributed by atoms with E-state index >= 15 is 0 Å². The number of esters is 1. The molecule has 0 bridgehead atoms. The minimum absolute atomic E-state index is 0.296. The third kappa shape index (κ3) is 3.24. The Morgan fingerprint density at radius 2 is 1.90 bits per heavy atom. The summed E-state index contributed by atoms with van der Waals surface area (Å²) in [4.78, 5) is 12.2. The lowest BCUT2D eigenvalue weighted by atomic mass is 9.91. The van der Waals surface area contributed by atoms with Gasteiger partial charge in [0.15, 0.2) is 5.54 Å². The van der Waals surface area contributed by atoms with Gasteiger partial charge in [0.1, 0.15) is 5.82 Å². The van der Waals surface area contributed by atoms with Crippen LogP contribution in [0.3, 0.4) is 0 Å². The lowest BCUT2D eigenvalue weighted by Crippen LogP contribution is -2.41. The molecular formula is C16H15BrFNO2. The van der Waals surface area contributed by atoms with E-state index in [9.17, 15) is 9.18 Å². The molecule has 21 heavy (non-hydrogen) atoms. The molecule has 0 radical (unpaired) electrons. The van der Waals surface area contributed by atoms with Crippen LogP contribution in [0.25, 0.3) is 0 Å². The quantitative estimate of drug-likeness (QED) is 0.843. The summed E-state index contributed by atoms with van der Waals surface area (Å²) >= 11 is 3.14. The predicted molar refractivity (Wildman–Crippen MR) is 83.5 cm³/mol. The van der Waals surface area contributed by atoms with Crippen molar-refractivity contribution in [3.05, 3.63) is 64.4 Å². The molecule has 1 unspecified atom stereocenters. The first-order valence-corrected chi connectivity index (χ1v) is 7.14. The average molecular weight is 352 g/mol. The minimum Gasteiger partial charge on any atom is -0.467 e. The van der Waals surface area contributed by atoms with Gasteiger partial charge in [-0.25, -0.2) is 9.18 Å². The molecule has 0 fully saturated rings. The third-order valence-corrected chi connectivity index (χ3v) is 3.87. The number of ether oxygens (including phenoxy) is 1. The molecule has 0 heterocycles. The van der Waals surface area contributed by atoms with Gasteiger partial charge < -0.3 is 10.1 Å². The van der Waals surface area contributed by atoms with Crippen LogP contribution in [0.5, 0.6) is 0 Å². The number of rotatable bonds is 4. The van der Waals surface area contributed by atoms with Crippen LogP contribution in [0, 0.1) is 5.82 Å². The lowest BCUT2D eigenvalue weighted by Gasteiger charge is -2.29. The fourth-order valence-electron chi connectivity index (χ4n) is 2.06. The van der Waals surface area contributed by atoms with E-state index in [2.05, 4.69) is 21.2 Å². The summed E-state index contributed by atoms with van der Waals surface area (Å²) in [5.41, 5.74) is 0.254. The van der Waals surface area contributed by atoms with Crippen molar-refractivity contribution in [2.24, 2.45) is 0 Å². The summed E-state index contributed by atoms with van der Waals surface area (Å²) in [7, 11) is 1.33. The van der Waals surface area contributed by atoms with Gasteiger partial charge in [-0.2, -0.15) is 0 Å². The fourth-order valence-corrected chi connectivity index (χ4v) is 2.44. The van der Waals surface area contributed by atoms with Crippen LogP contribution in [0.4, 0.5) is 10.1 Å². The van der Waals surface area contributed by atoms with Crippen molar-refractivity contribution in [2.45, 2.75) is 12.5 Å². The van der Waals surface area contributed by atoms with Gasteiger partial charge in [0, 0.05) is 5.69 Å². The topological polar surface area (TPSA) is 38.3 Å². The Balaban J connectivity index is 2.46. The Kier molecular flexibility index (Phi) is 4.63. The molecule has 2 aromatic carbocycles. The first kappa shape index (κ1) is 15.5. The zero-order valence-corrected chi connectivity index (χ0v) is 13.3. The number of carbonyl (C=O) groups excluding carboxylic acids is 1. The smallest absolute Gasteiger partial charge is 0.335 e. The van der Waals surface area contributed by atoms with E-state index in [4.69, 9.17) is 4.74 Å². The molecule has 0 aromatic heterocycles. The maximum absolute atomic E-state index is 13.4. The number of nitrogens with one attached hydrogen (secondary N) is 1. The van der Waals surface area contributed by atoms with Crippen molar-refractivity contribution in [1.29, 1.82) is 0 Å². The largest absolute Gasteiger partial charge is 0.467 e. The van der Waals surface area contributed by atoms with E-state index in [1.54, 1.807) is 19.1 Å². The van der Waals surface area contributed by atoms with Gasteiger partial charge in [-0.3, -0.25) is 0 Å². The Bertz CT molecular complexity index is 648. The Hall–Kier alpha value is -1.88. The van der Waals surface area contributed by atoms with Gasteiger partial charge in [0.2, 0.25) is 0 Å². The molecule has 0 aliphatic rings. The van der Waals surface area contributed by atoms with Gasteiger partial charge in [-0.1, -0.05) is 24.3 Å². The fraction of sp³-hybridized carbons (Fsp3) is 0.188. The highest BCUT2D eigenvalue weighted by Crippen LogP contribution is 2.30. The van der Waals surface area contributed by atoms with E-state index in [0.717, 1.165) is 5.69 Å². The normalized spacial score (nSPS) is 13.3. The summed E-state index contributed by atoms with van der Waals surface area (Å²) in [6.45, 7) is 1.70. The van der Waals surface area contributed by atoms with Gasteiger partial charge in [0.05, 0.1) is 11.6 Å². The number of carbonyl (C=O) groups is 1. The van der Waals surface area contributed by atoms with E-state index in [0.29, 0.717) is 10.0 Å². The van der Waals surface area contributed by atoms with E-state index in [1.807, 2.05) is 30.3 Å². The van der Waals surface area contributed by atoms with Crippen molar-refractivity contribution in [3.8, 4) is 0 Å². The minimum atomic E-state index is -1.12. The highest BCUT2D eigenvalue weighted by atomic mass is 79.9.